The van der Waals surface area contributed by atoms with E-state index in [4.69, 9.17) is 21.6 Å². The summed E-state index contributed by atoms with van der Waals surface area (Å²) in [5, 5.41) is 8.71. The SMILES string of the molecule is CCC(Cl)OC(=O)C1CCC(C#N)CC1. The number of rotatable bonds is 3. The van der Waals surface area contributed by atoms with Crippen molar-refractivity contribution in [1.82, 2.24) is 0 Å². The van der Waals surface area contributed by atoms with Crippen molar-refractivity contribution in [2.24, 2.45) is 11.8 Å². The Kier molecular flexibility index (Phi) is 4.90. The Bertz CT molecular complexity index is 254. The summed E-state index contributed by atoms with van der Waals surface area (Å²) in [5.74, 6) is -0.136. The van der Waals surface area contributed by atoms with Gasteiger partial charge in [0.1, 0.15) is 0 Å². The van der Waals surface area contributed by atoms with E-state index in [1.807, 2.05) is 6.92 Å². The molecule has 0 spiro atoms. The van der Waals surface area contributed by atoms with Gasteiger partial charge in [0.05, 0.1) is 12.0 Å². The van der Waals surface area contributed by atoms with E-state index < -0.39 is 5.56 Å². The molecule has 1 fully saturated rings. The summed E-state index contributed by atoms with van der Waals surface area (Å²) in [6.07, 6.45) is 3.74. The molecule has 1 aliphatic rings. The van der Waals surface area contributed by atoms with Gasteiger partial charge in [-0.15, -0.1) is 0 Å². The molecule has 0 heterocycles. The van der Waals surface area contributed by atoms with Gasteiger partial charge in [-0.25, -0.2) is 0 Å². The summed E-state index contributed by atoms with van der Waals surface area (Å²) in [6.45, 7) is 1.87. The van der Waals surface area contributed by atoms with Gasteiger partial charge in [-0.3, -0.25) is 4.79 Å². The van der Waals surface area contributed by atoms with E-state index >= 15 is 0 Å². The summed E-state index contributed by atoms with van der Waals surface area (Å²) >= 11 is 5.74. The molecule has 0 aromatic rings. The van der Waals surface area contributed by atoms with Crippen molar-refractivity contribution < 1.29 is 9.53 Å². The number of halogens is 1. The minimum Gasteiger partial charge on any atom is -0.446 e. The molecule has 84 valence electrons. The van der Waals surface area contributed by atoms with Crippen LogP contribution in [0.15, 0.2) is 0 Å². The zero-order valence-corrected chi connectivity index (χ0v) is 9.67. The fraction of sp³-hybridized carbons (Fsp3) is 0.818. The summed E-state index contributed by atoms with van der Waals surface area (Å²) < 4.78 is 5.05. The highest BCUT2D eigenvalue weighted by Gasteiger charge is 2.28. The third-order valence-corrected chi connectivity index (χ3v) is 3.21. The molecule has 4 heteroatoms. The van der Waals surface area contributed by atoms with Crippen LogP contribution < -0.4 is 0 Å². The van der Waals surface area contributed by atoms with Crippen LogP contribution in [0.25, 0.3) is 0 Å². The van der Waals surface area contributed by atoms with Crippen LogP contribution in [0.5, 0.6) is 0 Å². The van der Waals surface area contributed by atoms with Gasteiger partial charge in [0.15, 0.2) is 5.56 Å². The molecule has 1 atom stereocenters. The molecule has 1 saturated carbocycles. The zero-order valence-electron chi connectivity index (χ0n) is 8.91. The van der Waals surface area contributed by atoms with Gasteiger partial charge in [0, 0.05) is 5.92 Å². The van der Waals surface area contributed by atoms with E-state index in [0.717, 1.165) is 25.7 Å². The quantitative estimate of drug-likeness (QED) is 0.552. The molecule has 0 aromatic heterocycles. The summed E-state index contributed by atoms with van der Waals surface area (Å²) in [5.41, 5.74) is -0.508. The number of nitrogens with zero attached hydrogens (tertiary/aromatic N) is 1. The Morgan fingerprint density at radius 1 is 1.53 bits per heavy atom. The molecule has 0 bridgehead atoms. The highest BCUT2D eigenvalue weighted by Crippen LogP contribution is 2.29. The van der Waals surface area contributed by atoms with E-state index in [2.05, 4.69) is 6.07 Å². The molecule has 0 N–H and O–H groups in total. The fourth-order valence-corrected chi connectivity index (χ4v) is 1.85. The van der Waals surface area contributed by atoms with Gasteiger partial charge in [-0.1, -0.05) is 18.5 Å². The second-order valence-corrected chi connectivity index (χ2v) is 4.42. The maximum Gasteiger partial charge on any atom is 0.310 e. The topological polar surface area (TPSA) is 50.1 Å². The number of nitriles is 1. The van der Waals surface area contributed by atoms with Gasteiger partial charge in [0.2, 0.25) is 0 Å². The average molecular weight is 230 g/mol. The Morgan fingerprint density at radius 3 is 2.60 bits per heavy atom. The lowest BCUT2D eigenvalue weighted by atomic mass is 9.83. The molecule has 3 nitrogen and oxygen atoms in total. The number of carbonyl (C=O) groups excluding carboxylic acids is 1. The Balaban J connectivity index is 2.34. The number of hydrogen-bond acceptors (Lipinski definition) is 3. The standard InChI is InChI=1S/C11H16ClNO2/c1-2-10(12)15-11(14)9-5-3-8(7-13)4-6-9/h8-10H,2-6H2,1H3. The Morgan fingerprint density at radius 2 is 2.13 bits per heavy atom. The van der Waals surface area contributed by atoms with Crippen LogP contribution in [0.4, 0.5) is 0 Å². The summed E-state index contributed by atoms with van der Waals surface area (Å²) in [4.78, 5) is 11.6. The van der Waals surface area contributed by atoms with Crippen LogP contribution in [0, 0.1) is 23.2 Å². The Hall–Kier alpha value is -0.750. The maximum absolute atomic E-state index is 11.6. The highest BCUT2D eigenvalue weighted by molar-refractivity contribution is 6.20. The van der Waals surface area contributed by atoms with Gasteiger partial charge < -0.3 is 4.74 Å². The third-order valence-electron chi connectivity index (χ3n) is 2.81. The number of alkyl halides is 1. The molecular weight excluding hydrogens is 214 g/mol. The van der Waals surface area contributed by atoms with Crippen molar-refractivity contribution >= 4 is 17.6 Å². The molecule has 0 amide bonds. The van der Waals surface area contributed by atoms with Gasteiger partial charge in [-0.05, 0) is 32.1 Å². The van der Waals surface area contributed by atoms with Gasteiger partial charge in [-0.2, -0.15) is 5.26 Å². The summed E-state index contributed by atoms with van der Waals surface area (Å²) in [7, 11) is 0. The second kappa shape index (κ2) is 5.97. The largest absolute Gasteiger partial charge is 0.446 e. The molecule has 1 aliphatic carbocycles. The van der Waals surface area contributed by atoms with Gasteiger partial charge >= 0.3 is 5.97 Å². The van der Waals surface area contributed by atoms with E-state index in [-0.39, 0.29) is 17.8 Å². The van der Waals surface area contributed by atoms with Crippen molar-refractivity contribution in [1.29, 1.82) is 5.26 Å². The normalized spacial score (nSPS) is 27.8. The predicted octanol–water partition coefficient (Wildman–Crippen LogP) is 2.83. The lowest BCUT2D eigenvalue weighted by molar-refractivity contribution is -0.151. The third kappa shape index (κ3) is 3.71. The predicted molar refractivity (Wildman–Crippen MR) is 57.1 cm³/mol. The van der Waals surface area contributed by atoms with Crippen LogP contribution in [0.1, 0.15) is 39.0 Å². The first-order chi connectivity index (χ1) is 7.17. The molecular formula is C11H16ClNO2. The van der Waals surface area contributed by atoms with Crippen molar-refractivity contribution in [3.63, 3.8) is 0 Å². The molecule has 0 saturated heterocycles. The van der Waals surface area contributed by atoms with E-state index in [9.17, 15) is 4.79 Å². The van der Waals surface area contributed by atoms with E-state index in [1.54, 1.807) is 0 Å². The molecule has 1 rings (SSSR count). The summed E-state index contributed by atoms with van der Waals surface area (Å²) in [6, 6.07) is 2.24. The first-order valence-corrected chi connectivity index (χ1v) is 5.85. The number of esters is 1. The van der Waals surface area contributed by atoms with Crippen molar-refractivity contribution in [3.8, 4) is 6.07 Å². The number of ether oxygens (including phenoxy) is 1. The average Bonchev–Trinajstić information content (AvgIpc) is 2.29. The number of hydrogen-bond donors (Lipinski definition) is 0. The maximum atomic E-state index is 11.6. The van der Waals surface area contributed by atoms with Crippen LogP contribution in [0.3, 0.4) is 0 Å². The fourth-order valence-electron chi connectivity index (χ4n) is 1.76. The monoisotopic (exact) mass is 229 g/mol. The minimum atomic E-state index is -0.508. The lowest BCUT2D eigenvalue weighted by Gasteiger charge is -2.23. The van der Waals surface area contributed by atoms with Crippen molar-refractivity contribution in [2.45, 2.75) is 44.6 Å². The number of carbonyl (C=O) groups is 1. The van der Waals surface area contributed by atoms with E-state index in [0.29, 0.717) is 6.42 Å². The van der Waals surface area contributed by atoms with Crippen molar-refractivity contribution in [2.75, 3.05) is 0 Å². The Labute approximate surface area is 95.4 Å². The van der Waals surface area contributed by atoms with E-state index in [1.165, 1.54) is 0 Å². The lowest BCUT2D eigenvalue weighted by Crippen LogP contribution is -2.25. The van der Waals surface area contributed by atoms with Crippen LogP contribution >= 0.6 is 11.6 Å². The minimum absolute atomic E-state index is 0.0533. The first kappa shape index (κ1) is 12.3. The van der Waals surface area contributed by atoms with Crippen LogP contribution in [0.2, 0.25) is 0 Å². The van der Waals surface area contributed by atoms with Crippen molar-refractivity contribution in [3.05, 3.63) is 0 Å². The second-order valence-electron chi connectivity index (χ2n) is 3.93. The molecule has 0 radical (unpaired) electrons. The highest BCUT2D eigenvalue weighted by atomic mass is 35.5. The molecule has 0 aliphatic heterocycles. The van der Waals surface area contributed by atoms with Crippen LogP contribution in [-0.2, 0) is 9.53 Å². The molecule has 15 heavy (non-hydrogen) atoms. The first-order valence-electron chi connectivity index (χ1n) is 5.41. The molecule has 1 unspecified atom stereocenters. The molecule has 0 aromatic carbocycles. The smallest absolute Gasteiger partial charge is 0.310 e. The van der Waals surface area contributed by atoms with Crippen LogP contribution in [-0.4, -0.2) is 11.5 Å². The van der Waals surface area contributed by atoms with Gasteiger partial charge in [0.25, 0.3) is 0 Å². The zero-order chi connectivity index (χ0) is 11.3.